The molecule has 17 atom stereocenters. The fourth-order valence-corrected chi connectivity index (χ4v) is 15.1. The van der Waals surface area contributed by atoms with Crippen LogP contribution in [0.1, 0.15) is 373 Å². The van der Waals surface area contributed by atoms with Gasteiger partial charge in [-0.15, -0.1) is 0 Å². The molecule has 3 saturated heterocycles. The lowest BCUT2D eigenvalue weighted by Crippen LogP contribution is -2.66. The van der Waals surface area contributed by atoms with E-state index in [0.29, 0.717) is 12.8 Å². The zero-order valence-corrected chi connectivity index (χ0v) is 67.6. The van der Waals surface area contributed by atoms with Crippen molar-refractivity contribution in [3.8, 4) is 0 Å². The van der Waals surface area contributed by atoms with Crippen LogP contribution in [-0.2, 0) is 33.2 Å². The molecule has 12 N–H and O–H groups in total. The van der Waals surface area contributed by atoms with Crippen LogP contribution < -0.4 is 5.32 Å². The number of aliphatic hydroxyl groups excluding tert-OH is 11. The highest BCUT2D eigenvalue weighted by molar-refractivity contribution is 5.76. The standard InChI is InChI=1S/C88H163NO18/c1-3-5-7-9-11-13-15-17-19-21-23-25-27-29-31-32-33-34-35-36-37-38-40-42-44-46-48-50-52-54-56-58-60-62-64-66-76(94)89-71(72(93)65-63-61-59-57-55-53-51-49-47-45-43-41-39-30-28-26-24-22-20-18-16-14-12-10-8-6-4-2)70-102-86-82(100)79(97)84(74(68-91)104-86)107-88-83(101)80(98)85(75(69-92)105-88)106-87-81(99)78(96)77(95)73(67-90)103-87/h5,7,11,13,17,19,23,25,71-75,77-88,90-93,95-101H,3-4,6,8-10,12,14-16,18,20-22,24,26-70H2,1-2H3,(H,89,94)/b7-5-,13-11-,19-17-,25-23-. The lowest BCUT2D eigenvalue weighted by Gasteiger charge is -2.48. The molecule has 0 aromatic heterocycles. The van der Waals surface area contributed by atoms with Gasteiger partial charge in [0.05, 0.1) is 38.6 Å². The number of allylic oxidation sites excluding steroid dienone is 8. The Morgan fingerprint density at radius 1 is 0.346 bits per heavy atom. The number of nitrogens with one attached hydrogen (secondary N) is 1. The molecule has 19 nitrogen and oxygen atoms in total. The summed E-state index contributed by atoms with van der Waals surface area (Å²) in [5, 5.41) is 121. The normalized spacial score (nSPS) is 25.7. The van der Waals surface area contributed by atoms with Crippen LogP contribution in [0.15, 0.2) is 48.6 Å². The van der Waals surface area contributed by atoms with Crippen molar-refractivity contribution in [2.45, 2.75) is 478 Å². The molecule has 3 rings (SSSR count). The largest absolute Gasteiger partial charge is 0.394 e. The second-order valence-corrected chi connectivity index (χ2v) is 31.7. The number of unbranched alkanes of at least 4 members (excludes halogenated alkanes) is 48. The average Bonchev–Trinajstić information content (AvgIpc) is 0.781. The van der Waals surface area contributed by atoms with Crippen molar-refractivity contribution in [1.29, 1.82) is 0 Å². The van der Waals surface area contributed by atoms with E-state index in [2.05, 4.69) is 67.8 Å². The first-order valence-electron chi connectivity index (χ1n) is 44.4. The van der Waals surface area contributed by atoms with Gasteiger partial charge in [-0.25, -0.2) is 0 Å². The molecule has 17 unspecified atom stereocenters. The molecule has 0 aromatic carbocycles. The van der Waals surface area contributed by atoms with Gasteiger partial charge in [-0.2, -0.15) is 0 Å². The fourth-order valence-electron chi connectivity index (χ4n) is 15.1. The molecule has 0 bridgehead atoms. The number of carbonyl (C=O) groups excluding carboxylic acids is 1. The zero-order valence-electron chi connectivity index (χ0n) is 67.6. The molecule has 0 saturated carbocycles. The Morgan fingerprint density at radius 2 is 0.645 bits per heavy atom. The maximum Gasteiger partial charge on any atom is 0.220 e. The summed E-state index contributed by atoms with van der Waals surface area (Å²) in [5.74, 6) is -0.235. The van der Waals surface area contributed by atoms with Gasteiger partial charge in [0.25, 0.3) is 0 Å². The summed E-state index contributed by atoms with van der Waals surface area (Å²) in [6.07, 6.45) is 60.7. The van der Waals surface area contributed by atoms with Crippen molar-refractivity contribution in [3.63, 3.8) is 0 Å². The molecular formula is C88H163NO18. The van der Waals surface area contributed by atoms with E-state index in [1.54, 1.807) is 0 Å². The van der Waals surface area contributed by atoms with Gasteiger partial charge < -0.3 is 89.9 Å². The highest BCUT2D eigenvalue weighted by Crippen LogP contribution is 2.34. The first-order valence-corrected chi connectivity index (χ1v) is 44.4. The van der Waals surface area contributed by atoms with Gasteiger partial charge >= 0.3 is 0 Å². The van der Waals surface area contributed by atoms with E-state index in [4.69, 9.17) is 28.4 Å². The van der Waals surface area contributed by atoms with Crippen LogP contribution >= 0.6 is 0 Å². The number of aliphatic hydroxyl groups is 11. The molecule has 0 aromatic rings. The van der Waals surface area contributed by atoms with Crippen LogP contribution in [0.4, 0.5) is 0 Å². The third kappa shape index (κ3) is 47.3. The molecule has 107 heavy (non-hydrogen) atoms. The Balaban J connectivity index is 1.32. The predicted molar refractivity (Wildman–Crippen MR) is 429 cm³/mol. The third-order valence-electron chi connectivity index (χ3n) is 22.2. The minimum absolute atomic E-state index is 0.235. The number of ether oxygens (including phenoxy) is 6. The molecule has 3 heterocycles. The summed E-state index contributed by atoms with van der Waals surface area (Å²) < 4.78 is 34.6. The maximum absolute atomic E-state index is 13.5. The summed E-state index contributed by atoms with van der Waals surface area (Å²) in [5.41, 5.74) is 0. The van der Waals surface area contributed by atoms with Crippen molar-refractivity contribution in [3.05, 3.63) is 48.6 Å². The molecular weight excluding hydrogens is 1360 g/mol. The van der Waals surface area contributed by atoms with E-state index in [1.165, 1.54) is 270 Å². The van der Waals surface area contributed by atoms with Gasteiger partial charge in [0.15, 0.2) is 18.9 Å². The molecule has 1 amide bonds. The van der Waals surface area contributed by atoms with Crippen LogP contribution in [0.2, 0.25) is 0 Å². The SMILES string of the molecule is CC/C=C\C/C=C\C/C=C\C/C=C\CCCCCCCCCCCCCCCCCCCCCCCCC(=O)NC(COC1OC(CO)C(OC2OC(CO)C(OC3OC(CO)C(O)C(O)C3O)C(O)C2O)C(O)C1O)C(O)CCCCCCCCCCCCCCCCCCCCCCCCCCCCC. The van der Waals surface area contributed by atoms with Crippen LogP contribution in [0.3, 0.4) is 0 Å². The van der Waals surface area contributed by atoms with Gasteiger partial charge in [0, 0.05) is 6.42 Å². The zero-order chi connectivity index (χ0) is 77.4. The predicted octanol–water partition coefficient (Wildman–Crippen LogP) is 16.4. The fraction of sp³-hybridized carbons (Fsp3) is 0.898. The van der Waals surface area contributed by atoms with E-state index < -0.39 is 124 Å². The average molecular weight is 1520 g/mol. The Kier molecular flexibility index (Phi) is 63.0. The molecule has 0 aliphatic carbocycles. The van der Waals surface area contributed by atoms with E-state index in [9.17, 15) is 61.0 Å². The van der Waals surface area contributed by atoms with Crippen molar-refractivity contribution >= 4 is 5.91 Å². The summed E-state index contributed by atoms with van der Waals surface area (Å²) in [7, 11) is 0. The summed E-state index contributed by atoms with van der Waals surface area (Å²) in [6.45, 7) is 1.75. The van der Waals surface area contributed by atoms with Crippen molar-refractivity contribution in [2.75, 3.05) is 26.4 Å². The first kappa shape index (κ1) is 98.9. The Labute approximate surface area is 650 Å². The van der Waals surface area contributed by atoms with Crippen LogP contribution in [0.5, 0.6) is 0 Å². The van der Waals surface area contributed by atoms with Gasteiger partial charge in [0.2, 0.25) is 5.91 Å². The second kappa shape index (κ2) is 68.2. The lowest BCUT2D eigenvalue weighted by molar-refractivity contribution is -0.379. The Bertz CT molecular complexity index is 2120. The second-order valence-electron chi connectivity index (χ2n) is 31.7. The van der Waals surface area contributed by atoms with Gasteiger partial charge in [-0.1, -0.05) is 364 Å². The van der Waals surface area contributed by atoms with Crippen LogP contribution in [0, 0.1) is 0 Å². The molecule has 19 heteroatoms. The lowest BCUT2D eigenvalue weighted by atomic mass is 9.96. The number of rotatable bonds is 72. The van der Waals surface area contributed by atoms with E-state index in [1.807, 2.05) is 0 Å². The molecule has 3 aliphatic rings. The maximum atomic E-state index is 13.5. The molecule has 0 radical (unpaired) electrons. The number of amides is 1. The molecule has 0 spiro atoms. The van der Waals surface area contributed by atoms with Gasteiger partial charge in [-0.05, 0) is 51.4 Å². The first-order chi connectivity index (χ1) is 52.3. The highest BCUT2D eigenvalue weighted by Gasteiger charge is 2.54. The third-order valence-corrected chi connectivity index (χ3v) is 22.2. The summed E-state index contributed by atoms with van der Waals surface area (Å²) in [6, 6.07) is -0.888. The van der Waals surface area contributed by atoms with Gasteiger partial charge in [-0.3, -0.25) is 4.79 Å². The number of hydrogen-bond acceptors (Lipinski definition) is 18. The van der Waals surface area contributed by atoms with Crippen molar-refractivity contribution in [2.24, 2.45) is 0 Å². The van der Waals surface area contributed by atoms with Crippen LogP contribution in [-0.4, -0.2) is 193 Å². The smallest absolute Gasteiger partial charge is 0.220 e. The minimum Gasteiger partial charge on any atom is -0.394 e. The van der Waals surface area contributed by atoms with Crippen LogP contribution in [0.25, 0.3) is 0 Å². The summed E-state index contributed by atoms with van der Waals surface area (Å²) >= 11 is 0. The monoisotopic (exact) mass is 1520 g/mol. The highest BCUT2D eigenvalue weighted by atomic mass is 16.8. The summed E-state index contributed by atoms with van der Waals surface area (Å²) in [4.78, 5) is 13.5. The molecule has 3 aliphatic heterocycles. The van der Waals surface area contributed by atoms with E-state index in [0.717, 1.165) is 70.6 Å². The number of carbonyl (C=O) groups is 1. The Morgan fingerprint density at radius 3 is 1.01 bits per heavy atom. The quantitative estimate of drug-likeness (QED) is 0.0199. The number of hydrogen-bond donors (Lipinski definition) is 12. The van der Waals surface area contributed by atoms with E-state index in [-0.39, 0.29) is 18.9 Å². The topological polar surface area (TPSA) is 307 Å². The molecule has 628 valence electrons. The molecule has 3 fully saturated rings. The van der Waals surface area contributed by atoms with E-state index >= 15 is 0 Å². The van der Waals surface area contributed by atoms with Crippen molar-refractivity contribution in [1.82, 2.24) is 5.32 Å². The van der Waals surface area contributed by atoms with Crippen molar-refractivity contribution < 1.29 is 89.4 Å². The Hall–Kier alpha value is -2.25. The minimum atomic E-state index is -1.97. The van der Waals surface area contributed by atoms with Gasteiger partial charge in [0.1, 0.15) is 73.2 Å².